The first-order valence-corrected chi connectivity index (χ1v) is 5.64. The number of H-pyrrole nitrogens is 1. The maximum Gasteiger partial charge on any atom is 0.272 e. The van der Waals surface area contributed by atoms with Gasteiger partial charge in [0, 0.05) is 6.07 Å². The summed E-state index contributed by atoms with van der Waals surface area (Å²) in [5, 5.41) is 8.56. The Morgan fingerprint density at radius 2 is 2.29 bits per heavy atom. The number of hydrogen-bond donors (Lipinski definition) is 3. The molecule has 1 aliphatic rings. The van der Waals surface area contributed by atoms with Crippen molar-refractivity contribution >= 4 is 23.1 Å². The molecule has 0 bridgehead atoms. The minimum atomic E-state index is -0.383. The Morgan fingerprint density at radius 1 is 1.59 bits per heavy atom. The fourth-order valence-corrected chi connectivity index (χ4v) is 1.79. The van der Waals surface area contributed by atoms with Gasteiger partial charge in [-0.05, 0) is 24.8 Å². The predicted octanol–water partition coefficient (Wildman–Crippen LogP) is -0.436. The maximum absolute atomic E-state index is 11.8. The summed E-state index contributed by atoms with van der Waals surface area (Å²) in [5.74, 6) is -0.0508. The number of nitrogens with zero attached hydrogens (tertiary/aromatic N) is 1. The number of rotatable bonds is 4. The first kappa shape index (κ1) is 11.7. The zero-order chi connectivity index (χ0) is 12.4. The van der Waals surface area contributed by atoms with Gasteiger partial charge in [0.15, 0.2) is 0 Å². The second-order valence-corrected chi connectivity index (χ2v) is 4.47. The molecule has 0 saturated heterocycles. The zero-order valence-corrected chi connectivity index (χ0v) is 9.79. The Hall–Kier alpha value is -1.76. The Morgan fingerprint density at radius 3 is 2.76 bits per heavy atom. The summed E-state index contributed by atoms with van der Waals surface area (Å²) in [6, 6.07) is 2.32. The number of aromatic nitrogens is 2. The van der Waals surface area contributed by atoms with Crippen molar-refractivity contribution < 1.29 is 4.79 Å². The van der Waals surface area contributed by atoms with Crippen molar-refractivity contribution in [3.05, 3.63) is 28.2 Å². The molecule has 7 heteroatoms. The summed E-state index contributed by atoms with van der Waals surface area (Å²) in [4.78, 5) is 22.9. The number of nitrogens with one attached hydrogen (secondary N) is 2. The van der Waals surface area contributed by atoms with Crippen LogP contribution in [0.5, 0.6) is 0 Å². The number of nitrogens with two attached hydrogens (primary N) is 1. The van der Waals surface area contributed by atoms with Crippen LogP contribution in [0.1, 0.15) is 23.3 Å². The van der Waals surface area contributed by atoms with E-state index in [9.17, 15) is 9.59 Å². The van der Waals surface area contributed by atoms with Crippen LogP contribution in [0.2, 0.25) is 0 Å². The van der Waals surface area contributed by atoms with Crippen molar-refractivity contribution in [2.75, 3.05) is 0 Å². The van der Waals surface area contributed by atoms with E-state index in [0.717, 1.165) is 12.8 Å². The predicted molar refractivity (Wildman–Crippen MR) is 65.6 cm³/mol. The molecule has 0 spiro atoms. The lowest BCUT2D eigenvalue weighted by Gasteiger charge is -2.15. The highest BCUT2D eigenvalue weighted by Gasteiger charge is 2.34. The topological polar surface area (TPSA) is 101 Å². The van der Waals surface area contributed by atoms with Gasteiger partial charge >= 0.3 is 0 Å². The highest BCUT2D eigenvalue weighted by atomic mass is 32.1. The minimum absolute atomic E-state index is 0.145. The molecule has 0 aromatic carbocycles. The second-order valence-electron chi connectivity index (χ2n) is 4.00. The normalized spacial score (nSPS) is 16.2. The molecule has 90 valence electrons. The molecule has 1 fully saturated rings. The van der Waals surface area contributed by atoms with E-state index in [1.54, 1.807) is 0 Å². The van der Waals surface area contributed by atoms with Crippen LogP contribution >= 0.6 is 12.2 Å². The third-order valence-corrected chi connectivity index (χ3v) is 2.85. The van der Waals surface area contributed by atoms with Gasteiger partial charge in [0.25, 0.3) is 11.5 Å². The number of aromatic amines is 1. The average molecular weight is 252 g/mol. The summed E-state index contributed by atoms with van der Waals surface area (Å²) in [6.07, 6.45) is 2.03. The molecule has 1 saturated carbocycles. The molecule has 1 aromatic rings. The van der Waals surface area contributed by atoms with Gasteiger partial charge in [0.1, 0.15) is 5.69 Å². The average Bonchev–Trinajstić information content (AvgIpc) is 3.10. The van der Waals surface area contributed by atoms with Crippen LogP contribution in [0.25, 0.3) is 0 Å². The first-order chi connectivity index (χ1) is 8.08. The van der Waals surface area contributed by atoms with Crippen LogP contribution < -0.4 is 16.6 Å². The maximum atomic E-state index is 11.8. The van der Waals surface area contributed by atoms with E-state index in [1.807, 2.05) is 0 Å². The monoisotopic (exact) mass is 252 g/mol. The van der Waals surface area contributed by atoms with Crippen molar-refractivity contribution in [2.24, 2.45) is 11.7 Å². The summed E-state index contributed by atoms with van der Waals surface area (Å²) in [7, 11) is 0. The number of thiocarbonyl (C=S) groups is 1. The van der Waals surface area contributed by atoms with E-state index >= 15 is 0 Å². The van der Waals surface area contributed by atoms with Crippen LogP contribution in [-0.2, 0) is 0 Å². The third-order valence-electron chi connectivity index (χ3n) is 2.60. The lowest BCUT2D eigenvalue weighted by atomic mass is 10.2. The molecule has 17 heavy (non-hydrogen) atoms. The number of hydrogen-bond acceptors (Lipinski definition) is 4. The fourth-order valence-electron chi connectivity index (χ4n) is 1.54. The molecule has 1 aromatic heterocycles. The fraction of sp³-hybridized carbons (Fsp3) is 0.400. The van der Waals surface area contributed by atoms with Crippen molar-refractivity contribution in [1.29, 1.82) is 0 Å². The molecule has 2 rings (SSSR count). The molecule has 0 aliphatic heterocycles. The van der Waals surface area contributed by atoms with Gasteiger partial charge in [-0.3, -0.25) is 9.59 Å². The van der Waals surface area contributed by atoms with Gasteiger partial charge in [-0.2, -0.15) is 5.10 Å². The molecule has 0 radical (unpaired) electrons. The van der Waals surface area contributed by atoms with E-state index in [4.69, 9.17) is 18.0 Å². The zero-order valence-electron chi connectivity index (χ0n) is 8.97. The van der Waals surface area contributed by atoms with Crippen molar-refractivity contribution in [2.45, 2.75) is 18.9 Å². The largest absolute Gasteiger partial charge is 0.392 e. The molecule has 1 unspecified atom stereocenters. The lowest BCUT2D eigenvalue weighted by Crippen LogP contribution is -2.45. The van der Waals surface area contributed by atoms with E-state index in [2.05, 4.69) is 15.5 Å². The Kier molecular flexibility index (Phi) is 3.19. The van der Waals surface area contributed by atoms with E-state index < -0.39 is 0 Å². The number of carbonyl (C=O) groups excluding carboxylic acids is 1. The van der Waals surface area contributed by atoms with Crippen molar-refractivity contribution in [3.8, 4) is 0 Å². The summed E-state index contributed by atoms with van der Waals surface area (Å²) >= 11 is 4.91. The van der Waals surface area contributed by atoms with E-state index in [0.29, 0.717) is 5.92 Å². The molecule has 1 aliphatic carbocycles. The van der Waals surface area contributed by atoms with Crippen LogP contribution in [0.15, 0.2) is 16.9 Å². The Bertz CT molecular complexity index is 489. The van der Waals surface area contributed by atoms with Crippen LogP contribution in [0, 0.1) is 5.92 Å². The van der Waals surface area contributed by atoms with Crippen molar-refractivity contribution in [1.82, 2.24) is 15.5 Å². The smallest absolute Gasteiger partial charge is 0.272 e. The van der Waals surface area contributed by atoms with Gasteiger partial charge in [0.2, 0.25) is 0 Å². The quantitative estimate of drug-likeness (QED) is 0.631. The lowest BCUT2D eigenvalue weighted by molar-refractivity contribution is 0.0937. The molecule has 1 heterocycles. The molecule has 4 N–H and O–H groups in total. The standard InChI is InChI=1S/C10H12N4O2S/c11-9(17)8(5-1-2-5)12-10(16)6-3-4-7(15)14-13-6/h3-5,8H,1-2H2,(H2,11,17)(H,12,16)(H,14,15). The number of carbonyl (C=O) groups is 1. The molecular weight excluding hydrogens is 240 g/mol. The van der Waals surface area contributed by atoms with Gasteiger partial charge in [0.05, 0.1) is 11.0 Å². The Balaban J connectivity index is 2.07. The highest BCUT2D eigenvalue weighted by molar-refractivity contribution is 7.80. The summed E-state index contributed by atoms with van der Waals surface area (Å²) in [5.41, 5.74) is 5.36. The SMILES string of the molecule is NC(=S)C(NC(=O)c1ccc(=O)[nH]n1)C1CC1. The molecule has 6 nitrogen and oxygen atoms in total. The van der Waals surface area contributed by atoms with E-state index in [1.165, 1.54) is 12.1 Å². The van der Waals surface area contributed by atoms with Gasteiger partial charge in [-0.15, -0.1) is 0 Å². The Labute approximate surface area is 103 Å². The summed E-state index contributed by atoms with van der Waals surface area (Å²) < 4.78 is 0. The van der Waals surface area contributed by atoms with Crippen LogP contribution in [0.3, 0.4) is 0 Å². The highest BCUT2D eigenvalue weighted by Crippen LogP contribution is 2.32. The van der Waals surface area contributed by atoms with Gasteiger partial charge in [-0.25, -0.2) is 5.10 Å². The number of amides is 1. The molecular formula is C10H12N4O2S. The third kappa shape index (κ3) is 2.88. The first-order valence-electron chi connectivity index (χ1n) is 5.24. The van der Waals surface area contributed by atoms with Gasteiger partial charge < -0.3 is 11.1 Å². The molecule has 1 atom stereocenters. The van der Waals surface area contributed by atoms with Crippen LogP contribution in [0.4, 0.5) is 0 Å². The second kappa shape index (κ2) is 4.62. The van der Waals surface area contributed by atoms with Crippen molar-refractivity contribution in [3.63, 3.8) is 0 Å². The van der Waals surface area contributed by atoms with E-state index in [-0.39, 0.29) is 28.2 Å². The summed E-state index contributed by atoms with van der Waals surface area (Å²) in [6.45, 7) is 0. The minimum Gasteiger partial charge on any atom is -0.392 e. The van der Waals surface area contributed by atoms with Gasteiger partial charge in [-0.1, -0.05) is 12.2 Å². The van der Waals surface area contributed by atoms with Crippen LogP contribution in [-0.4, -0.2) is 27.1 Å². The molecule has 1 amide bonds.